The van der Waals surface area contributed by atoms with Crippen LogP contribution in [-0.4, -0.2) is 55.8 Å². The van der Waals surface area contributed by atoms with Gasteiger partial charge in [0.2, 0.25) is 0 Å². The maximum Gasteiger partial charge on any atom is 0.192 e. The van der Waals surface area contributed by atoms with E-state index in [9.17, 15) is 5.26 Å². The third kappa shape index (κ3) is 3.23. The van der Waals surface area contributed by atoms with E-state index >= 15 is 0 Å². The standard InChI is InChI=1S/C21H22N8/c1-15-4-2-6-17(12-15)29-25-20(24-26-29)19-8-7-18-14-27(10-11-28(18)19)21-16(13-22)5-3-9-23-21/h2-6,9,12,18-19H,7-8,10-11,14H2,1H3/t18-,19+/m0/s1. The van der Waals surface area contributed by atoms with Gasteiger partial charge in [-0.15, -0.1) is 15.0 Å². The Bertz CT molecular complexity index is 1070. The van der Waals surface area contributed by atoms with Gasteiger partial charge in [0, 0.05) is 31.9 Å². The van der Waals surface area contributed by atoms with E-state index in [4.69, 9.17) is 0 Å². The third-order valence-corrected chi connectivity index (χ3v) is 5.87. The molecule has 2 aliphatic rings. The predicted molar refractivity (Wildman–Crippen MR) is 108 cm³/mol. The number of hydrogen-bond acceptors (Lipinski definition) is 7. The highest BCUT2D eigenvalue weighted by atomic mass is 15.6. The quantitative estimate of drug-likeness (QED) is 0.682. The van der Waals surface area contributed by atoms with Crippen molar-refractivity contribution in [3.8, 4) is 11.8 Å². The molecule has 0 bridgehead atoms. The van der Waals surface area contributed by atoms with Gasteiger partial charge < -0.3 is 4.90 Å². The topological polar surface area (TPSA) is 86.8 Å². The van der Waals surface area contributed by atoms with Crippen LogP contribution in [0, 0.1) is 18.3 Å². The molecule has 2 aromatic heterocycles. The van der Waals surface area contributed by atoms with E-state index in [0.717, 1.165) is 49.8 Å². The van der Waals surface area contributed by atoms with Crippen molar-refractivity contribution in [2.24, 2.45) is 0 Å². The second kappa shape index (κ2) is 7.26. The minimum Gasteiger partial charge on any atom is -0.353 e. The smallest absolute Gasteiger partial charge is 0.192 e. The summed E-state index contributed by atoms with van der Waals surface area (Å²) >= 11 is 0. The first kappa shape index (κ1) is 17.8. The maximum atomic E-state index is 9.39. The zero-order chi connectivity index (χ0) is 19.8. The van der Waals surface area contributed by atoms with Crippen molar-refractivity contribution >= 4 is 5.82 Å². The first-order chi connectivity index (χ1) is 14.2. The number of fused-ring (bicyclic) bond motifs is 1. The molecule has 0 aliphatic carbocycles. The van der Waals surface area contributed by atoms with Crippen LogP contribution < -0.4 is 4.90 Å². The van der Waals surface area contributed by atoms with E-state index in [0.29, 0.717) is 11.6 Å². The molecule has 0 saturated carbocycles. The third-order valence-electron chi connectivity index (χ3n) is 5.87. The van der Waals surface area contributed by atoms with Crippen LogP contribution >= 0.6 is 0 Å². The molecule has 0 N–H and O–H groups in total. The number of hydrogen-bond donors (Lipinski definition) is 0. The van der Waals surface area contributed by atoms with Crippen LogP contribution in [0.5, 0.6) is 0 Å². The van der Waals surface area contributed by atoms with Crippen LogP contribution in [0.4, 0.5) is 5.82 Å². The van der Waals surface area contributed by atoms with Crippen molar-refractivity contribution in [2.75, 3.05) is 24.5 Å². The number of tetrazole rings is 1. The molecule has 146 valence electrons. The minimum atomic E-state index is 0.194. The fourth-order valence-electron chi connectivity index (χ4n) is 4.48. The lowest BCUT2D eigenvalue weighted by molar-refractivity contribution is 0.170. The minimum absolute atomic E-state index is 0.194. The second-order valence-corrected chi connectivity index (χ2v) is 7.69. The lowest BCUT2D eigenvalue weighted by Gasteiger charge is -2.40. The summed E-state index contributed by atoms with van der Waals surface area (Å²) in [4.78, 5) is 10.8. The molecule has 0 unspecified atom stereocenters. The van der Waals surface area contributed by atoms with Crippen LogP contribution in [0.15, 0.2) is 42.6 Å². The van der Waals surface area contributed by atoms with E-state index in [2.05, 4.69) is 55.3 Å². The first-order valence-electron chi connectivity index (χ1n) is 9.96. The van der Waals surface area contributed by atoms with Gasteiger partial charge in [-0.3, -0.25) is 4.90 Å². The van der Waals surface area contributed by atoms with Gasteiger partial charge in [0.1, 0.15) is 11.9 Å². The molecule has 3 aromatic rings. The Balaban J connectivity index is 1.33. The molecule has 2 fully saturated rings. The molecule has 5 rings (SSSR count). The molecule has 4 heterocycles. The number of nitrogens with zero attached hydrogens (tertiary/aromatic N) is 8. The Morgan fingerprint density at radius 2 is 2.07 bits per heavy atom. The average molecular weight is 386 g/mol. The van der Waals surface area contributed by atoms with E-state index in [-0.39, 0.29) is 6.04 Å². The van der Waals surface area contributed by atoms with Crippen molar-refractivity contribution in [1.29, 1.82) is 5.26 Å². The Labute approximate surface area is 169 Å². The predicted octanol–water partition coefficient (Wildman–Crippen LogP) is 2.26. The SMILES string of the molecule is Cc1cccc(-n2nnc([C@H]3CC[C@H]4CN(c5ncccc5C#N)CCN43)n2)c1. The van der Waals surface area contributed by atoms with E-state index in [1.54, 1.807) is 11.0 Å². The van der Waals surface area contributed by atoms with E-state index < -0.39 is 0 Å². The number of aryl methyl sites for hydroxylation is 1. The highest BCUT2D eigenvalue weighted by Gasteiger charge is 2.40. The van der Waals surface area contributed by atoms with Gasteiger partial charge in [-0.2, -0.15) is 5.26 Å². The zero-order valence-corrected chi connectivity index (χ0v) is 16.3. The lowest BCUT2D eigenvalue weighted by atomic mass is 10.1. The molecule has 0 radical (unpaired) electrons. The number of nitriles is 1. The highest BCUT2D eigenvalue weighted by molar-refractivity contribution is 5.54. The Kier molecular flexibility index (Phi) is 4.45. The largest absolute Gasteiger partial charge is 0.353 e. The highest BCUT2D eigenvalue weighted by Crippen LogP contribution is 2.37. The zero-order valence-electron chi connectivity index (χ0n) is 16.3. The van der Waals surface area contributed by atoms with Gasteiger partial charge in [0.15, 0.2) is 5.82 Å². The summed E-state index contributed by atoms with van der Waals surface area (Å²) in [6, 6.07) is 14.6. The van der Waals surface area contributed by atoms with Gasteiger partial charge in [0.05, 0.1) is 17.3 Å². The number of rotatable bonds is 3. The normalized spacial score (nSPS) is 21.7. The number of anilines is 1. The molecule has 1 aromatic carbocycles. The molecule has 0 amide bonds. The lowest BCUT2D eigenvalue weighted by Crippen LogP contribution is -2.51. The van der Waals surface area contributed by atoms with Gasteiger partial charge in [-0.25, -0.2) is 4.98 Å². The summed E-state index contributed by atoms with van der Waals surface area (Å²) in [5.41, 5.74) is 2.74. The Morgan fingerprint density at radius 3 is 2.93 bits per heavy atom. The maximum absolute atomic E-state index is 9.39. The number of pyridine rings is 1. The van der Waals surface area contributed by atoms with Crippen molar-refractivity contribution in [3.05, 3.63) is 59.5 Å². The molecule has 8 heteroatoms. The molecule has 0 spiro atoms. The summed E-state index contributed by atoms with van der Waals surface area (Å²) in [6.07, 6.45) is 3.85. The van der Waals surface area contributed by atoms with Gasteiger partial charge in [-0.05, 0) is 54.8 Å². The fourth-order valence-corrected chi connectivity index (χ4v) is 4.48. The molecular formula is C21H22N8. The van der Waals surface area contributed by atoms with Gasteiger partial charge in [-0.1, -0.05) is 12.1 Å². The van der Waals surface area contributed by atoms with Crippen molar-refractivity contribution in [2.45, 2.75) is 31.8 Å². The molecule has 29 heavy (non-hydrogen) atoms. The first-order valence-corrected chi connectivity index (χ1v) is 9.96. The number of aromatic nitrogens is 5. The van der Waals surface area contributed by atoms with Crippen molar-refractivity contribution in [1.82, 2.24) is 30.1 Å². The van der Waals surface area contributed by atoms with Crippen LogP contribution in [0.25, 0.3) is 5.69 Å². The Hall–Kier alpha value is -3.31. The fraction of sp³-hybridized carbons (Fsp3) is 0.381. The second-order valence-electron chi connectivity index (χ2n) is 7.69. The molecule has 2 saturated heterocycles. The van der Waals surface area contributed by atoms with Crippen LogP contribution in [0.3, 0.4) is 0 Å². The van der Waals surface area contributed by atoms with Gasteiger partial charge >= 0.3 is 0 Å². The summed E-state index contributed by atoms with van der Waals surface area (Å²) in [5.74, 6) is 1.58. The number of benzene rings is 1. The van der Waals surface area contributed by atoms with E-state index in [1.807, 2.05) is 24.3 Å². The molecular weight excluding hydrogens is 364 g/mol. The number of piperazine rings is 1. The summed E-state index contributed by atoms with van der Waals surface area (Å²) in [7, 11) is 0. The summed E-state index contributed by atoms with van der Waals surface area (Å²) in [6.45, 7) is 4.66. The Morgan fingerprint density at radius 1 is 1.14 bits per heavy atom. The van der Waals surface area contributed by atoms with Gasteiger partial charge in [0.25, 0.3) is 0 Å². The monoisotopic (exact) mass is 386 g/mol. The average Bonchev–Trinajstić information content (AvgIpc) is 3.40. The van der Waals surface area contributed by atoms with Crippen LogP contribution in [-0.2, 0) is 0 Å². The molecule has 2 aliphatic heterocycles. The molecule has 8 nitrogen and oxygen atoms in total. The van der Waals surface area contributed by atoms with Crippen LogP contribution in [0.2, 0.25) is 0 Å². The van der Waals surface area contributed by atoms with Crippen molar-refractivity contribution in [3.63, 3.8) is 0 Å². The molecule has 2 atom stereocenters. The van der Waals surface area contributed by atoms with E-state index in [1.165, 1.54) is 5.56 Å². The summed E-state index contributed by atoms with van der Waals surface area (Å²) in [5, 5.41) is 22.7. The summed E-state index contributed by atoms with van der Waals surface area (Å²) < 4.78 is 0. The van der Waals surface area contributed by atoms with Crippen LogP contribution in [0.1, 0.15) is 35.8 Å². The van der Waals surface area contributed by atoms with Crippen molar-refractivity contribution < 1.29 is 0 Å².